The minimum atomic E-state index is -0.982. The number of hydrogen-bond donors (Lipinski definition) is 2. The van der Waals surface area contributed by atoms with Gasteiger partial charge in [-0.05, 0) is 70.3 Å². The molecular formula is C34H27N3O3. The van der Waals surface area contributed by atoms with E-state index in [1.54, 1.807) is 24.3 Å². The van der Waals surface area contributed by atoms with E-state index in [1.165, 1.54) is 5.39 Å². The molecule has 0 spiro atoms. The van der Waals surface area contributed by atoms with Crippen molar-refractivity contribution in [3.05, 3.63) is 138 Å². The van der Waals surface area contributed by atoms with Gasteiger partial charge in [0.05, 0.1) is 28.9 Å². The van der Waals surface area contributed by atoms with Crippen LogP contribution in [-0.4, -0.2) is 26.8 Å². The summed E-state index contributed by atoms with van der Waals surface area (Å²) in [6.07, 6.45) is 1.82. The summed E-state index contributed by atoms with van der Waals surface area (Å²) < 4.78 is 1.92. The van der Waals surface area contributed by atoms with E-state index in [9.17, 15) is 9.59 Å². The van der Waals surface area contributed by atoms with Crippen LogP contribution >= 0.6 is 0 Å². The molecule has 0 aliphatic heterocycles. The van der Waals surface area contributed by atoms with Crippen molar-refractivity contribution >= 4 is 33.6 Å². The molecule has 1 heterocycles. The zero-order chi connectivity index (χ0) is 27.6. The first-order valence-corrected chi connectivity index (χ1v) is 13.1. The lowest BCUT2D eigenvalue weighted by Crippen LogP contribution is -2.24. The molecule has 1 aromatic heterocycles. The molecule has 0 saturated carbocycles. The third-order valence-electron chi connectivity index (χ3n) is 7.32. The zero-order valence-corrected chi connectivity index (χ0v) is 21.9. The Balaban J connectivity index is 1.40. The number of nitrogens with one attached hydrogen (secondary N) is 1. The Kier molecular flexibility index (Phi) is 6.58. The Morgan fingerprint density at radius 2 is 1.52 bits per heavy atom. The van der Waals surface area contributed by atoms with Crippen LogP contribution in [0.3, 0.4) is 0 Å². The van der Waals surface area contributed by atoms with Gasteiger partial charge in [-0.3, -0.25) is 9.48 Å². The molecule has 1 amide bonds. The molecule has 0 radical (unpaired) electrons. The highest BCUT2D eigenvalue weighted by molar-refractivity contribution is 6.07. The topological polar surface area (TPSA) is 84.2 Å². The van der Waals surface area contributed by atoms with Gasteiger partial charge in [0.25, 0.3) is 5.91 Å². The Morgan fingerprint density at radius 3 is 2.27 bits per heavy atom. The van der Waals surface area contributed by atoms with E-state index in [0.29, 0.717) is 5.56 Å². The van der Waals surface area contributed by atoms with Crippen LogP contribution in [0.1, 0.15) is 44.8 Å². The number of carboxylic acids is 1. The van der Waals surface area contributed by atoms with Gasteiger partial charge in [0.1, 0.15) is 0 Å². The van der Waals surface area contributed by atoms with E-state index < -0.39 is 5.97 Å². The Bertz CT molecular complexity index is 1860. The van der Waals surface area contributed by atoms with Crippen LogP contribution in [0, 0.1) is 0 Å². The first kappa shape index (κ1) is 25.1. The third-order valence-corrected chi connectivity index (χ3v) is 7.32. The molecule has 0 unspecified atom stereocenters. The van der Waals surface area contributed by atoms with Gasteiger partial charge >= 0.3 is 5.97 Å². The number of rotatable bonds is 7. The Morgan fingerprint density at radius 1 is 0.800 bits per heavy atom. The molecule has 40 heavy (non-hydrogen) atoms. The van der Waals surface area contributed by atoms with Crippen molar-refractivity contribution in [3.63, 3.8) is 0 Å². The number of aromatic nitrogens is 2. The summed E-state index contributed by atoms with van der Waals surface area (Å²) in [5.74, 6) is -1.21. The van der Waals surface area contributed by atoms with Crippen LogP contribution in [0.15, 0.2) is 115 Å². The fourth-order valence-electron chi connectivity index (χ4n) is 5.11. The number of aromatic carboxylic acids is 1. The molecular weight excluding hydrogens is 498 g/mol. The number of carbonyl (C=O) groups excluding carboxylic acids is 1. The molecule has 2 N–H and O–H groups in total. The van der Waals surface area contributed by atoms with Crippen molar-refractivity contribution in [2.75, 3.05) is 0 Å². The van der Waals surface area contributed by atoms with E-state index >= 15 is 0 Å². The Labute approximate surface area is 231 Å². The summed E-state index contributed by atoms with van der Waals surface area (Å²) in [6.45, 7) is 2.36. The molecule has 0 aliphatic rings. The lowest BCUT2D eigenvalue weighted by atomic mass is 9.99. The molecule has 6 heteroatoms. The monoisotopic (exact) mass is 525 g/mol. The van der Waals surface area contributed by atoms with Gasteiger partial charge in [-0.15, -0.1) is 0 Å². The molecule has 6 aromatic rings. The van der Waals surface area contributed by atoms with Crippen LogP contribution in [0.4, 0.5) is 0 Å². The summed E-state index contributed by atoms with van der Waals surface area (Å²) >= 11 is 0. The van der Waals surface area contributed by atoms with Gasteiger partial charge in [0.2, 0.25) is 0 Å². The van der Waals surface area contributed by atoms with Crippen molar-refractivity contribution in [2.45, 2.75) is 19.5 Å². The van der Waals surface area contributed by atoms with Crippen LogP contribution in [-0.2, 0) is 6.54 Å². The summed E-state index contributed by atoms with van der Waals surface area (Å²) in [7, 11) is 0. The first-order chi connectivity index (χ1) is 19.5. The van der Waals surface area contributed by atoms with Gasteiger partial charge in [-0.1, -0.05) is 78.9 Å². The fraction of sp³-hybridized carbons (Fsp3) is 0.0882. The second-order valence-corrected chi connectivity index (χ2v) is 9.88. The average Bonchev–Trinajstić information content (AvgIpc) is 3.43. The maximum atomic E-state index is 13.7. The van der Waals surface area contributed by atoms with E-state index in [-0.39, 0.29) is 24.1 Å². The maximum absolute atomic E-state index is 13.7. The van der Waals surface area contributed by atoms with Gasteiger partial charge in [-0.25, -0.2) is 4.79 Å². The van der Waals surface area contributed by atoms with Crippen LogP contribution < -0.4 is 5.32 Å². The SMILES string of the molecule is C[C@H](c1ccc2ccccc2c1)n1ncc2cc(-c3ccccc3)cc(C(=O)NCc3ccc(C(=O)O)cc3)c21. The summed E-state index contributed by atoms with van der Waals surface area (Å²) in [5, 5.41) is 20.2. The van der Waals surface area contributed by atoms with Crippen LogP contribution in [0.2, 0.25) is 0 Å². The quantitative estimate of drug-likeness (QED) is 0.233. The molecule has 6 nitrogen and oxygen atoms in total. The number of fused-ring (bicyclic) bond motifs is 2. The fourth-order valence-corrected chi connectivity index (χ4v) is 5.11. The minimum absolute atomic E-state index is 0.111. The molecule has 6 rings (SSSR count). The molecule has 0 bridgehead atoms. The molecule has 0 saturated heterocycles. The first-order valence-electron chi connectivity index (χ1n) is 13.1. The average molecular weight is 526 g/mol. The van der Waals surface area contributed by atoms with E-state index in [2.05, 4.69) is 48.6 Å². The standard InChI is InChI=1S/C34H27N3O3/c1-22(27-16-15-25-9-5-6-10-28(25)17-27)37-32-30(21-36-37)18-29(24-7-3-2-4-8-24)19-31(32)33(38)35-20-23-11-13-26(14-12-23)34(39)40/h2-19,21-22H,20H2,1H3,(H,35,38)(H,39,40)/t22-/m1/s1. The number of carboxylic acid groups (broad SMARTS) is 1. The number of hydrogen-bond acceptors (Lipinski definition) is 3. The molecule has 0 fully saturated rings. The number of carbonyl (C=O) groups is 2. The predicted molar refractivity (Wildman–Crippen MR) is 158 cm³/mol. The van der Waals surface area contributed by atoms with Gasteiger partial charge in [0, 0.05) is 11.9 Å². The normalized spacial score (nSPS) is 11.9. The number of benzene rings is 5. The predicted octanol–water partition coefficient (Wildman–Crippen LogP) is 7.09. The molecule has 196 valence electrons. The molecule has 1 atom stereocenters. The smallest absolute Gasteiger partial charge is 0.335 e. The van der Waals surface area contributed by atoms with Crippen molar-refractivity contribution in [3.8, 4) is 11.1 Å². The lowest BCUT2D eigenvalue weighted by molar-refractivity contribution is 0.0696. The van der Waals surface area contributed by atoms with Crippen molar-refractivity contribution < 1.29 is 14.7 Å². The van der Waals surface area contributed by atoms with Gasteiger partial charge in [-0.2, -0.15) is 5.10 Å². The highest BCUT2D eigenvalue weighted by Gasteiger charge is 2.20. The number of nitrogens with zero attached hydrogens (tertiary/aromatic N) is 2. The summed E-state index contributed by atoms with van der Waals surface area (Å²) in [4.78, 5) is 24.9. The van der Waals surface area contributed by atoms with E-state index in [1.807, 2.05) is 59.4 Å². The third kappa shape index (κ3) is 4.83. The van der Waals surface area contributed by atoms with E-state index in [4.69, 9.17) is 10.2 Å². The minimum Gasteiger partial charge on any atom is -0.478 e. The van der Waals surface area contributed by atoms with Gasteiger partial charge in [0.15, 0.2) is 0 Å². The zero-order valence-electron chi connectivity index (χ0n) is 21.9. The maximum Gasteiger partial charge on any atom is 0.335 e. The van der Waals surface area contributed by atoms with Crippen molar-refractivity contribution in [2.24, 2.45) is 0 Å². The molecule has 0 aliphatic carbocycles. The molecule has 5 aromatic carbocycles. The van der Waals surface area contributed by atoms with Gasteiger partial charge < -0.3 is 10.4 Å². The lowest BCUT2D eigenvalue weighted by Gasteiger charge is -2.17. The summed E-state index contributed by atoms with van der Waals surface area (Å²) in [6, 6.07) is 35.0. The second-order valence-electron chi connectivity index (χ2n) is 9.88. The highest BCUT2D eigenvalue weighted by atomic mass is 16.4. The Hall–Kier alpha value is -5.23. The largest absolute Gasteiger partial charge is 0.478 e. The van der Waals surface area contributed by atoms with Crippen LogP contribution in [0.25, 0.3) is 32.8 Å². The van der Waals surface area contributed by atoms with E-state index in [0.717, 1.165) is 38.5 Å². The summed E-state index contributed by atoms with van der Waals surface area (Å²) in [5.41, 5.74) is 5.36. The van der Waals surface area contributed by atoms with Crippen molar-refractivity contribution in [1.29, 1.82) is 0 Å². The highest BCUT2D eigenvalue weighted by Crippen LogP contribution is 2.32. The van der Waals surface area contributed by atoms with Crippen molar-refractivity contribution in [1.82, 2.24) is 15.1 Å². The second kappa shape index (κ2) is 10.5. The number of amides is 1. The van der Waals surface area contributed by atoms with Crippen LogP contribution in [0.5, 0.6) is 0 Å².